The molecule has 0 N–H and O–H groups in total. The summed E-state index contributed by atoms with van der Waals surface area (Å²) in [7, 11) is -2.39. The van der Waals surface area contributed by atoms with Crippen LogP contribution in [0.25, 0.3) is 11.1 Å². The molecule has 0 saturated heterocycles. The number of nitrogens with zero attached hydrogens (tertiary/aromatic N) is 1. The Morgan fingerprint density at radius 3 is 2.13 bits per heavy atom. The van der Waals surface area contributed by atoms with Crippen LogP contribution in [0.2, 0.25) is 18.1 Å². The number of aromatic nitrogens is 1. The first kappa shape index (κ1) is 33.5. The summed E-state index contributed by atoms with van der Waals surface area (Å²) < 4.78 is 76.6. The first-order chi connectivity index (χ1) is 20.8. The second-order valence-corrected chi connectivity index (χ2v) is 19.8. The van der Waals surface area contributed by atoms with E-state index in [1.807, 2.05) is 0 Å². The first-order valence-electron chi connectivity index (χ1n) is 15.7. The van der Waals surface area contributed by atoms with Crippen LogP contribution in [-0.2, 0) is 17.0 Å². The third-order valence-electron chi connectivity index (χ3n) is 9.94. The molecule has 9 heteroatoms. The molecular weight excluding hydrogens is 601 g/mol. The molecule has 1 aromatic heterocycles. The number of hydrogen-bond donors (Lipinski definition) is 0. The van der Waals surface area contributed by atoms with Gasteiger partial charge in [0.25, 0.3) is 0 Å². The van der Waals surface area contributed by atoms with Crippen LogP contribution in [0, 0.1) is 17.0 Å². The van der Waals surface area contributed by atoms with Gasteiger partial charge in [-0.15, -0.1) is 0 Å². The maximum atomic E-state index is 15.0. The standard InChI is InChI=1S/C36H42F5NO2Si/c1-34(2,3)45(6,7)44-28-20-35(4,5)19-27-30(28)29(23-14-17-25(37)26(38)18-23)31(32(42-27)21-10-8-9-11-21)33(43)22-12-15-24(16-13-22)36(39,40)41/h12-18,21,28H,8-11,19-20H2,1-7H3/t28-/m0/s1. The second kappa shape index (κ2) is 11.7. The topological polar surface area (TPSA) is 39.2 Å². The normalized spacial score (nSPS) is 19.1. The SMILES string of the molecule is CC1(C)Cc2nc(C3CCCC3)c(C(=O)c3ccc(C(F)(F)F)cc3)c(-c3ccc(F)c(F)c3)c2[C@@H](O[Si](C)(C)C(C)(C)C)C1. The van der Waals surface area contributed by atoms with E-state index in [9.17, 15) is 26.7 Å². The van der Waals surface area contributed by atoms with Crippen LogP contribution < -0.4 is 0 Å². The Labute approximate surface area is 263 Å². The molecule has 5 rings (SSSR count). The van der Waals surface area contributed by atoms with Gasteiger partial charge in [-0.3, -0.25) is 9.78 Å². The Morgan fingerprint density at radius 2 is 1.58 bits per heavy atom. The maximum Gasteiger partial charge on any atom is 0.416 e. The molecule has 0 spiro atoms. The molecule has 0 amide bonds. The van der Waals surface area contributed by atoms with Gasteiger partial charge in [0.05, 0.1) is 22.9 Å². The minimum atomic E-state index is -4.55. The van der Waals surface area contributed by atoms with Gasteiger partial charge in [0.15, 0.2) is 25.7 Å². The van der Waals surface area contributed by atoms with E-state index in [-0.39, 0.29) is 27.5 Å². The third kappa shape index (κ3) is 6.66. The number of pyridine rings is 1. The molecule has 1 fully saturated rings. The molecule has 2 aliphatic carbocycles. The molecule has 3 aromatic rings. The molecular formula is C36H42F5NO2Si. The summed E-state index contributed by atoms with van der Waals surface area (Å²) in [6, 6.07) is 7.80. The van der Waals surface area contributed by atoms with Crippen molar-refractivity contribution in [1.82, 2.24) is 4.98 Å². The van der Waals surface area contributed by atoms with Gasteiger partial charge in [0, 0.05) is 28.3 Å². The van der Waals surface area contributed by atoms with E-state index < -0.39 is 43.6 Å². The van der Waals surface area contributed by atoms with Gasteiger partial charge in [-0.05, 0) is 79.1 Å². The largest absolute Gasteiger partial charge is 0.416 e. The molecule has 1 saturated carbocycles. The first-order valence-corrected chi connectivity index (χ1v) is 18.6. The number of fused-ring (bicyclic) bond motifs is 1. The van der Waals surface area contributed by atoms with Gasteiger partial charge in [0.2, 0.25) is 0 Å². The van der Waals surface area contributed by atoms with Crippen LogP contribution in [0.4, 0.5) is 22.0 Å². The lowest BCUT2D eigenvalue weighted by molar-refractivity contribution is -0.137. The highest BCUT2D eigenvalue weighted by molar-refractivity contribution is 6.74. The molecule has 1 atom stereocenters. The summed E-state index contributed by atoms with van der Waals surface area (Å²) in [4.78, 5) is 19.8. The quantitative estimate of drug-likeness (QED) is 0.152. The Morgan fingerprint density at radius 1 is 0.956 bits per heavy atom. The van der Waals surface area contributed by atoms with E-state index in [1.54, 1.807) is 0 Å². The lowest BCUT2D eigenvalue weighted by Gasteiger charge is -2.45. The summed E-state index contributed by atoms with van der Waals surface area (Å²) in [5, 5.41) is -0.132. The molecule has 0 aliphatic heterocycles. The molecule has 242 valence electrons. The van der Waals surface area contributed by atoms with Crippen LogP contribution in [0.3, 0.4) is 0 Å². The average molecular weight is 644 g/mol. The third-order valence-corrected chi connectivity index (χ3v) is 14.4. The number of carbonyl (C=O) groups is 1. The molecule has 1 heterocycles. The van der Waals surface area contributed by atoms with Gasteiger partial charge >= 0.3 is 6.18 Å². The lowest BCUT2D eigenvalue weighted by Crippen LogP contribution is -2.44. The van der Waals surface area contributed by atoms with E-state index in [4.69, 9.17) is 9.41 Å². The van der Waals surface area contributed by atoms with Gasteiger partial charge in [-0.2, -0.15) is 13.2 Å². The predicted octanol–water partition coefficient (Wildman–Crippen LogP) is 11.0. The van der Waals surface area contributed by atoms with Crippen LogP contribution in [-0.4, -0.2) is 19.1 Å². The highest BCUT2D eigenvalue weighted by atomic mass is 28.4. The van der Waals surface area contributed by atoms with Crippen molar-refractivity contribution in [2.24, 2.45) is 5.41 Å². The van der Waals surface area contributed by atoms with E-state index >= 15 is 0 Å². The fourth-order valence-electron chi connectivity index (χ4n) is 6.54. The van der Waals surface area contributed by atoms with Crippen LogP contribution >= 0.6 is 0 Å². The maximum absolute atomic E-state index is 15.0. The van der Waals surface area contributed by atoms with E-state index in [0.29, 0.717) is 35.2 Å². The van der Waals surface area contributed by atoms with Crippen molar-refractivity contribution in [2.45, 2.75) is 109 Å². The molecule has 3 nitrogen and oxygen atoms in total. The van der Waals surface area contributed by atoms with Crippen molar-refractivity contribution >= 4 is 14.1 Å². The number of alkyl halides is 3. The highest BCUT2D eigenvalue weighted by Gasteiger charge is 2.45. The van der Waals surface area contributed by atoms with Crippen LogP contribution in [0.5, 0.6) is 0 Å². The van der Waals surface area contributed by atoms with Gasteiger partial charge in [-0.1, -0.05) is 65.7 Å². The Kier molecular flexibility index (Phi) is 8.70. The van der Waals surface area contributed by atoms with Gasteiger partial charge in [-0.25, -0.2) is 8.78 Å². The van der Waals surface area contributed by atoms with Crippen molar-refractivity contribution < 1.29 is 31.2 Å². The van der Waals surface area contributed by atoms with Crippen molar-refractivity contribution in [3.8, 4) is 11.1 Å². The Bertz CT molecular complexity index is 1600. The fourth-order valence-corrected chi connectivity index (χ4v) is 7.81. The van der Waals surface area contributed by atoms with E-state index in [1.165, 1.54) is 18.2 Å². The predicted molar refractivity (Wildman–Crippen MR) is 169 cm³/mol. The molecule has 0 unspecified atom stereocenters. The fraction of sp³-hybridized carbons (Fsp3) is 0.500. The van der Waals surface area contributed by atoms with Crippen molar-refractivity contribution in [2.75, 3.05) is 0 Å². The number of halogens is 5. The second-order valence-electron chi connectivity index (χ2n) is 15.0. The summed E-state index contributed by atoms with van der Waals surface area (Å²) in [6.45, 7) is 15.1. The lowest BCUT2D eigenvalue weighted by atomic mass is 9.71. The molecule has 0 bridgehead atoms. The van der Waals surface area contributed by atoms with Gasteiger partial charge in [0.1, 0.15) is 0 Å². The number of ketones is 1. The smallest absolute Gasteiger partial charge is 0.410 e. The molecule has 2 aliphatic rings. The highest BCUT2D eigenvalue weighted by Crippen LogP contribution is 2.52. The Balaban J connectivity index is 1.84. The summed E-state index contributed by atoms with van der Waals surface area (Å²) >= 11 is 0. The van der Waals surface area contributed by atoms with E-state index in [2.05, 4.69) is 47.7 Å². The van der Waals surface area contributed by atoms with Crippen LogP contribution in [0.15, 0.2) is 42.5 Å². The Hall–Kier alpha value is -2.91. The zero-order chi connectivity index (χ0) is 33.1. The molecule has 0 radical (unpaired) electrons. The summed E-state index contributed by atoms with van der Waals surface area (Å²) in [5.41, 5.74) is 2.10. The van der Waals surface area contributed by atoms with Crippen molar-refractivity contribution in [1.29, 1.82) is 0 Å². The van der Waals surface area contributed by atoms with E-state index in [0.717, 1.165) is 55.6 Å². The van der Waals surface area contributed by atoms with Crippen LogP contribution in [0.1, 0.15) is 117 Å². The monoisotopic (exact) mass is 643 g/mol. The number of rotatable bonds is 6. The average Bonchev–Trinajstić information content (AvgIpc) is 3.46. The molecule has 2 aromatic carbocycles. The summed E-state index contributed by atoms with van der Waals surface area (Å²) in [6.07, 6.45) is -0.264. The minimum absolute atomic E-state index is 0.0439. The van der Waals surface area contributed by atoms with Gasteiger partial charge < -0.3 is 4.43 Å². The minimum Gasteiger partial charge on any atom is -0.410 e. The van der Waals surface area contributed by atoms with Crippen molar-refractivity contribution in [3.63, 3.8) is 0 Å². The number of hydrogen-bond acceptors (Lipinski definition) is 3. The number of carbonyl (C=O) groups excluding carboxylic acids is 1. The summed E-state index contributed by atoms with van der Waals surface area (Å²) in [5.74, 6) is -2.59. The zero-order valence-electron chi connectivity index (χ0n) is 27.1. The van der Waals surface area contributed by atoms with Crippen molar-refractivity contribution in [3.05, 3.63) is 87.7 Å². The number of benzene rings is 2. The molecule has 45 heavy (non-hydrogen) atoms. The zero-order valence-corrected chi connectivity index (χ0v) is 28.1.